The van der Waals surface area contributed by atoms with Crippen LogP contribution in [0.15, 0.2) is 24.3 Å². The topological polar surface area (TPSA) is 49.4 Å². The van der Waals surface area contributed by atoms with Crippen molar-refractivity contribution in [3.05, 3.63) is 35.4 Å². The minimum absolute atomic E-state index is 0.0183. The van der Waals surface area contributed by atoms with Crippen LogP contribution < -0.4 is 5.32 Å². The fraction of sp³-hybridized carbons (Fsp3) is 0.500. The molecule has 0 aliphatic carbocycles. The van der Waals surface area contributed by atoms with Crippen LogP contribution in [0.4, 0.5) is 0 Å². The number of carbonyl (C=O) groups excluding carboxylic acids is 2. The van der Waals surface area contributed by atoms with Gasteiger partial charge in [0.15, 0.2) is 0 Å². The number of amides is 2. The van der Waals surface area contributed by atoms with E-state index in [9.17, 15) is 9.59 Å². The molecule has 0 aromatic heterocycles. The molecule has 1 N–H and O–H groups in total. The number of likely N-dealkylation sites (N-methyl/N-ethyl adjacent to an activating group) is 1. The molecule has 0 fully saturated rings. The highest BCUT2D eigenvalue weighted by molar-refractivity contribution is 5.85. The standard InChI is InChI=1S/C16H24N2O2/c1-5-18(11-15(19)17-12(2)3)16(20)10-14-8-6-13(4)7-9-14/h6-9,12H,5,10-11H2,1-4H3,(H,17,19). The number of nitrogens with one attached hydrogen (secondary N) is 1. The van der Waals surface area contributed by atoms with Crippen LogP contribution in [0.2, 0.25) is 0 Å². The molecule has 0 heterocycles. The van der Waals surface area contributed by atoms with Crippen molar-refractivity contribution in [2.45, 2.75) is 40.2 Å². The molecule has 0 aliphatic heterocycles. The first-order valence-electron chi connectivity index (χ1n) is 7.05. The summed E-state index contributed by atoms with van der Waals surface area (Å²) in [6, 6.07) is 7.98. The second-order valence-corrected chi connectivity index (χ2v) is 5.29. The van der Waals surface area contributed by atoms with Gasteiger partial charge in [0.2, 0.25) is 11.8 Å². The van der Waals surface area contributed by atoms with Crippen molar-refractivity contribution in [2.24, 2.45) is 0 Å². The molecule has 0 radical (unpaired) electrons. The van der Waals surface area contributed by atoms with Crippen molar-refractivity contribution in [3.8, 4) is 0 Å². The van der Waals surface area contributed by atoms with Gasteiger partial charge in [0.05, 0.1) is 13.0 Å². The summed E-state index contributed by atoms with van der Waals surface area (Å²) in [5, 5.41) is 2.80. The summed E-state index contributed by atoms with van der Waals surface area (Å²) in [4.78, 5) is 25.5. The number of nitrogens with zero attached hydrogens (tertiary/aromatic N) is 1. The predicted octanol–water partition coefficient (Wildman–Crippen LogP) is 1.91. The average molecular weight is 276 g/mol. The predicted molar refractivity (Wildman–Crippen MR) is 80.4 cm³/mol. The van der Waals surface area contributed by atoms with Crippen molar-refractivity contribution in [1.29, 1.82) is 0 Å². The van der Waals surface area contributed by atoms with Crippen molar-refractivity contribution in [2.75, 3.05) is 13.1 Å². The Morgan fingerprint density at radius 1 is 1.20 bits per heavy atom. The van der Waals surface area contributed by atoms with Crippen LogP contribution in [-0.2, 0) is 16.0 Å². The lowest BCUT2D eigenvalue weighted by molar-refractivity contribution is -0.135. The zero-order valence-corrected chi connectivity index (χ0v) is 12.8. The Balaban J connectivity index is 2.58. The molecule has 2 amide bonds. The Morgan fingerprint density at radius 2 is 1.80 bits per heavy atom. The summed E-state index contributed by atoms with van der Waals surface area (Å²) in [6.07, 6.45) is 0.336. The first-order valence-corrected chi connectivity index (χ1v) is 7.05. The Morgan fingerprint density at radius 3 is 2.30 bits per heavy atom. The molecule has 0 aliphatic rings. The third-order valence-corrected chi connectivity index (χ3v) is 2.99. The summed E-state index contributed by atoms with van der Waals surface area (Å²) >= 11 is 0. The highest BCUT2D eigenvalue weighted by Crippen LogP contribution is 2.06. The van der Waals surface area contributed by atoms with E-state index in [2.05, 4.69) is 5.32 Å². The first kappa shape index (κ1) is 16.2. The lowest BCUT2D eigenvalue weighted by atomic mass is 10.1. The van der Waals surface area contributed by atoms with Crippen molar-refractivity contribution in [1.82, 2.24) is 10.2 Å². The van der Waals surface area contributed by atoms with E-state index in [-0.39, 0.29) is 24.4 Å². The van der Waals surface area contributed by atoms with Crippen LogP contribution in [0.25, 0.3) is 0 Å². The molecule has 4 nitrogen and oxygen atoms in total. The number of benzene rings is 1. The molecule has 0 saturated heterocycles. The molecule has 0 saturated carbocycles. The molecule has 110 valence electrons. The maximum Gasteiger partial charge on any atom is 0.239 e. The van der Waals surface area contributed by atoms with E-state index in [4.69, 9.17) is 0 Å². The van der Waals surface area contributed by atoms with Crippen LogP contribution >= 0.6 is 0 Å². The highest BCUT2D eigenvalue weighted by Gasteiger charge is 2.16. The quantitative estimate of drug-likeness (QED) is 0.863. The summed E-state index contributed by atoms with van der Waals surface area (Å²) in [5.74, 6) is -0.130. The van der Waals surface area contributed by atoms with Gasteiger partial charge in [0.25, 0.3) is 0 Å². The third kappa shape index (κ3) is 5.43. The van der Waals surface area contributed by atoms with Crippen LogP contribution in [0.1, 0.15) is 31.9 Å². The summed E-state index contributed by atoms with van der Waals surface area (Å²) < 4.78 is 0. The maximum absolute atomic E-state index is 12.2. The zero-order chi connectivity index (χ0) is 15.1. The molecule has 1 aromatic rings. The second kappa shape index (κ2) is 7.68. The Kier molecular flexibility index (Phi) is 6.22. The van der Waals surface area contributed by atoms with E-state index >= 15 is 0 Å². The number of rotatable bonds is 6. The maximum atomic E-state index is 12.2. The van der Waals surface area contributed by atoms with Crippen LogP contribution in [0.3, 0.4) is 0 Å². The number of hydrogen-bond donors (Lipinski definition) is 1. The molecule has 1 rings (SSSR count). The third-order valence-electron chi connectivity index (χ3n) is 2.99. The van der Waals surface area contributed by atoms with Crippen LogP contribution in [0.5, 0.6) is 0 Å². The van der Waals surface area contributed by atoms with Gasteiger partial charge in [-0.15, -0.1) is 0 Å². The lowest BCUT2D eigenvalue weighted by Gasteiger charge is -2.21. The molecule has 20 heavy (non-hydrogen) atoms. The monoisotopic (exact) mass is 276 g/mol. The van der Waals surface area contributed by atoms with Gasteiger partial charge in [0, 0.05) is 12.6 Å². The fourth-order valence-electron chi connectivity index (χ4n) is 1.91. The molecule has 0 spiro atoms. The smallest absolute Gasteiger partial charge is 0.239 e. The van der Waals surface area contributed by atoms with E-state index in [0.717, 1.165) is 5.56 Å². The fourth-order valence-corrected chi connectivity index (χ4v) is 1.91. The van der Waals surface area contributed by atoms with Gasteiger partial charge in [-0.3, -0.25) is 9.59 Å². The van der Waals surface area contributed by atoms with Crippen LogP contribution in [0, 0.1) is 6.92 Å². The van der Waals surface area contributed by atoms with Crippen molar-refractivity contribution in [3.63, 3.8) is 0 Å². The SMILES string of the molecule is CCN(CC(=O)NC(C)C)C(=O)Cc1ccc(C)cc1. The lowest BCUT2D eigenvalue weighted by Crippen LogP contribution is -2.43. The Hall–Kier alpha value is -1.84. The Labute approximate surface area is 121 Å². The minimum atomic E-state index is -0.112. The first-order chi connectivity index (χ1) is 9.42. The summed E-state index contributed by atoms with van der Waals surface area (Å²) in [7, 11) is 0. The van der Waals surface area contributed by atoms with Gasteiger partial charge in [-0.1, -0.05) is 29.8 Å². The zero-order valence-electron chi connectivity index (χ0n) is 12.8. The van der Waals surface area contributed by atoms with Gasteiger partial charge in [-0.25, -0.2) is 0 Å². The van der Waals surface area contributed by atoms with Crippen molar-refractivity contribution >= 4 is 11.8 Å². The van der Waals surface area contributed by atoms with E-state index in [1.807, 2.05) is 52.0 Å². The second-order valence-electron chi connectivity index (χ2n) is 5.29. The number of carbonyl (C=O) groups is 2. The van der Waals surface area contributed by atoms with E-state index < -0.39 is 0 Å². The average Bonchev–Trinajstić information content (AvgIpc) is 2.37. The normalized spacial score (nSPS) is 10.4. The Bertz CT molecular complexity index is 452. The van der Waals surface area contributed by atoms with Gasteiger partial charge >= 0.3 is 0 Å². The summed E-state index contributed by atoms with van der Waals surface area (Å²) in [6.45, 7) is 8.37. The molecule has 0 bridgehead atoms. The molecule has 0 unspecified atom stereocenters. The molecular weight excluding hydrogens is 252 g/mol. The molecule has 4 heteroatoms. The number of aryl methyl sites for hydroxylation is 1. The number of hydrogen-bond acceptors (Lipinski definition) is 2. The largest absolute Gasteiger partial charge is 0.352 e. The molecular formula is C16H24N2O2. The molecule has 1 aromatic carbocycles. The van der Waals surface area contributed by atoms with Gasteiger partial charge in [-0.05, 0) is 33.3 Å². The minimum Gasteiger partial charge on any atom is -0.352 e. The van der Waals surface area contributed by atoms with Gasteiger partial charge in [0.1, 0.15) is 0 Å². The van der Waals surface area contributed by atoms with E-state index in [1.54, 1.807) is 4.90 Å². The highest BCUT2D eigenvalue weighted by atomic mass is 16.2. The van der Waals surface area contributed by atoms with Gasteiger partial charge in [-0.2, -0.15) is 0 Å². The van der Waals surface area contributed by atoms with E-state index in [1.165, 1.54) is 5.56 Å². The van der Waals surface area contributed by atoms with Crippen LogP contribution in [-0.4, -0.2) is 35.8 Å². The van der Waals surface area contributed by atoms with Crippen molar-refractivity contribution < 1.29 is 9.59 Å². The van der Waals surface area contributed by atoms with Gasteiger partial charge < -0.3 is 10.2 Å². The molecule has 0 atom stereocenters. The van der Waals surface area contributed by atoms with E-state index in [0.29, 0.717) is 13.0 Å². The summed E-state index contributed by atoms with van der Waals surface area (Å²) in [5.41, 5.74) is 2.15.